The molecule has 0 unspecified atom stereocenters. The molecular formula is C26H20FN5O4S2. The molecule has 0 radical (unpaired) electrons. The Morgan fingerprint density at radius 1 is 0.895 bits per heavy atom. The number of nitrogens with one attached hydrogen (secondary N) is 3. The predicted octanol–water partition coefficient (Wildman–Crippen LogP) is 4.41. The summed E-state index contributed by atoms with van der Waals surface area (Å²) in [5.41, 5.74) is 6.49. The normalized spacial score (nSPS) is 11.3. The maximum atomic E-state index is 13.1. The molecule has 2 heterocycles. The Bertz CT molecular complexity index is 1760. The van der Waals surface area contributed by atoms with Crippen molar-refractivity contribution in [2.24, 2.45) is 0 Å². The highest BCUT2D eigenvalue weighted by Gasteiger charge is 2.19. The van der Waals surface area contributed by atoms with Crippen molar-refractivity contribution in [2.75, 3.05) is 4.72 Å². The fourth-order valence-electron chi connectivity index (χ4n) is 3.69. The van der Waals surface area contributed by atoms with E-state index in [-0.39, 0.29) is 16.1 Å². The number of carbonyl (C=O) groups excluding carboxylic acids is 2. The quantitative estimate of drug-likeness (QED) is 0.271. The minimum Gasteiger partial charge on any atom is -0.280 e. The van der Waals surface area contributed by atoms with Gasteiger partial charge in [0, 0.05) is 16.6 Å². The molecule has 0 spiro atoms. The number of hydrogen-bond acceptors (Lipinski definition) is 6. The number of halogens is 1. The van der Waals surface area contributed by atoms with Gasteiger partial charge < -0.3 is 0 Å². The van der Waals surface area contributed by atoms with Crippen LogP contribution in [0, 0.1) is 12.7 Å². The van der Waals surface area contributed by atoms with Crippen molar-refractivity contribution in [1.29, 1.82) is 0 Å². The van der Waals surface area contributed by atoms with E-state index in [0.29, 0.717) is 4.88 Å². The van der Waals surface area contributed by atoms with Crippen molar-refractivity contribution in [3.63, 3.8) is 0 Å². The van der Waals surface area contributed by atoms with Gasteiger partial charge in [0.1, 0.15) is 10.6 Å². The van der Waals surface area contributed by atoms with Crippen LogP contribution in [0.3, 0.4) is 0 Å². The highest BCUT2D eigenvalue weighted by atomic mass is 32.2. The monoisotopic (exact) mass is 549 g/mol. The smallest absolute Gasteiger partial charge is 0.279 e. The van der Waals surface area contributed by atoms with E-state index in [2.05, 4.69) is 20.7 Å². The number of para-hydroxylation sites is 1. The van der Waals surface area contributed by atoms with Crippen LogP contribution >= 0.6 is 11.3 Å². The zero-order chi connectivity index (χ0) is 26.9. The Kier molecular flexibility index (Phi) is 6.66. The molecule has 3 aromatic carbocycles. The first kappa shape index (κ1) is 25.1. The number of aromatic nitrogens is 2. The SMILES string of the molecule is Cc1nn(-c2ccccc2)c2sc(C(=O)NNC(=O)c3cccc(S(=O)(=O)Nc4ccc(F)cc4)c3)cc12. The fraction of sp³-hybridized carbons (Fsp3) is 0.0385. The number of aryl methyl sites for hydroxylation is 1. The number of sulfonamides is 1. The first-order chi connectivity index (χ1) is 18.2. The van der Waals surface area contributed by atoms with Crippen LogP contribution < -0.4 is 15.6 Å². The van der Waals surface area contributed by atoms with Crippen LogP contribution in [0.1, 0.15) is 25.7 Å². The van der Waals surface area contributed by atoms with E-state index in [9.17, 15) is 22.4 Å². The van der Waals surface area contributed by atoms with Gasteiger partial charge in [-0.2, -0.15) is 5.10 Å². The molecule has 5 rings (SSSR count). The lowest BCUT2D eigenvalue weighted by molar-refractivity contribution is 0.0849. The third kappa shape index (κ3) is 5.12. The van der Waals surface area contributed by atoms with Crippen molar-refractivity contribution >= 4 is 49.1 Å². The molecule has 192 valence electrons. The molecule has 0 aliphatic rings. The summed E-state index contributed by atoms with van der Waals surface area (Å²) in [7, 11) is -4.04. The van der Waals surface area contributed by atoms with Crippen molar-refractivity contribution in [3.05, 3.63) is 107 Å². The average molecular weight is 550 g/mol. The lowest BCUT2D eigenvalue weighted by Crippen LogP contribution is -2.41. The Balaban J connectivity index is 1.29. The highest BCUT2D eigenvalue weighted by Crippen LogP contribution is 2.30. The molecule has 0 aliphatic carbocycles. The average Bonchev–Trinajstić information content (AvgIpc) is 3.49. The van der Waals surface area contributed by atoms with Crippen LogP contribution in [-0.4, -0.2) is 30.0 Å². The first-order valence-electron chi connectivity index (χ1n) is 11.2. The number of fused-ring (bicyclic) bond motifs is 1. The second kappa shape index (κ2) is 10.1. The Morgan fingerprint density at radius 3 is 2.34 bits per heavy atom. The maximum absolute atomic E-state index is 13.1. The second-order valence-electron chi connectivity index (χ2n) is 8.21. The molecule has 0 bridgehead atoms. The zero-order valence-corrected chi connectivity index (χ0v) is 21.4. The molecule has 5 aromatic rings. The number of benzene rings is 3. The summed E-state index contributed by atoms with van der Waals surface area (Å²) in [6.07, 6.45) is 0. The highest BCUT2D eigenvalue weighted by molar-refractivity contribution is 7.92. The minimum atomic E-state index is -4.04. The van der Waals surface area contributed by atoms with E-state index in [4.69, 9.17) is 0 Å². The summed E-state index contributed by atoms with van der Waals surface area (Å²) in [5, 5.41) is 5.37. The van der Waals surface area contributed by atoms with Gasteiger partial charge in [-0.25, -0.2) is 17.5 Å². The van der Waals surface area contributed by atoms with Gasteiger partial charge in [0.15, 0.2) is 0 Å². The molecule has 2 aromatic heterocycles. The summed E-state index contributed by atoms with van der Waals surface area (Å²) in [6, 6.07) is 21.3. The van der Waals surface area contributed by atoms with Crippen LogP contribution in [0.4, 0.5) is 10.1 Å². The van der Waals surface area contributed by atoms with E-state index >= 15 is 0 Å². The molecule has 0 fully saturated rings. The molecule has 12 heteroatoms. The van der Waals surface area contributed by atoms with Crippen molar-refractivity contribution in [1.82, 2.24) is 20.6 Å². The van der Waals surface area contributed by atoms with Crippen LogP contribution in [-0.2, 0) is 10.0 Å². The van der Waals surface area contributed by atoms with Gasteiger partial charge in [-0.1, -0.05) is 24.3 Å². The van der Waals surface area contributed by atoms with Crippen molar-refractivity contribution in [3.8, 4) is 5.69 Å². The van der Waals surface area contributed by atoms with Crippen LogP contribution in [0.15, 0.2) is 89.8 Å². The predicted molar refractivity (Wildman–Crippen MR) is 142 cm³/mol. The van der Waals surface area contributed by atoms with E-state index in [1.54, 1.807) is 10.7 Å². The molecular weight excluding hydrogens is 529 g/mol. The molecule has 0 atom stereocenters. The largest absolute Gasteiger partial charge is 0.280 e. The first-order valence-corrected chi connectivity index (χ1v) is 13.5. The van der Waals surface area contributed by atoms with Gasteiger partial charge in [-0.05, 0) is 67.6 Å². The number of carbonyl (C=O) groups is 2. The number of thiophene rings is 1. The van der Waals surface area contributed by atoms with E-state index < -0.39 is 27.7 Å². The molecule has 0 saturated heterocycles. The maximum Gasteiger partial charge on any atom is 0.279 e. The third-order valence-corrected chi connectivity index (χ3v) is 8.05. The topological polar surface area (TPSA) is 122 Å². The molecule has 2 amide bonds. The van der Waals surface area contributed by atoms with Crippen molar-refractivity contribution in [2.45, 2.75) is 11.8 Å². The summed E-state index contributed by atoms with van der Waals surface area (Å²) in [5.74, 6) is -1.73. The van der Waals surface area contributed by atoms with Crippen LogP contribution in [0.5, 0.6) is 0 Å². The van der Waals surface area contributed by atoms with Gasteiger partial charge in [-0.3, -0.25) is 25.2 Å². The van der Waals surface area contributed by atoms with Gasteiger partial charge in [0.25, 0.3) is 21.8 Å². The zero-order valence-electron chi connectivity index (χ0n) is 19.8. The minimum absolute atomic E-state index is 0.0131. The van der Waals surface area contributed by atoms with Crippen LogP contribution in [0.2, 0.25) is 0 Å². The summed E-state index contributed by atoms with van der Waals surface area (Å²) < 4.78 is 42.6. The molecule has 0 aliphatic heterocycles. The molecule has 38 heavy (non-hydrogen) atoms. The third-order valence-electron chi connectivity index (χ3n) is 5.56. The summed E-state index contributed by atoms with van der Waals surface area (Å²) >= 11 is 1.23. The Labute approximate surface area is 220 Å². The van der Waals surface area contributed by atoms with E-state index in [1.165, 1.54) is 47.7 Å². The van der Waals surface area contributed by atoms with Gasteiger partial charge >= 0.3 is 0 Å². The standard InChI is InChI=1S/C26H20FN5O4S2/c1-16-22-15-23(37-26(22)32(30-16)20-7-3-2-4-8-20)25(34)29-28-24(33)17-6-5-9-21(14-17)38(35,36)31-19-12-10-18(27)11-13-19/h2-15,31H,1H3,(H,28,33)(H,29,34). The van der Waals surface area contributed by atoms with E-state index in [0.717, 1.165) is 33.7 Å². The molecule has 3 N–H and O–H groups in total. The number of anilines is 1. The second-order valence-corrected chi connectivity index (χ2v) is 10.9. The van der Waals surface area contributed by atoms with Gasteiger partial charge in [-0.15, -0.1) is 11.3 Å². The number of hydrogen-bond donors (Lipinski definition) is 3. The fourth-order valence-corrected chi connectivity index (χ4v) is 5.87. The number of rotatable bonds is 6. The van der Waals surface area contributed by atoms with Gasteiger partial charge in [0.2, 0.25) is 0 Å². The lowest BCUT2D eigenvalue weighted by atomic mass is 10.2. The number of nitrogens with zero attached hydrogens (tertiary/aromatic N) is 2. The molecule has 0 saturated carbocycles. The lowest BCUT2D eigenvalue weighted by Gasteiger charge is -2.10. The Morgan fingerprint density at radius 2 is 1.61 bits per heavy atom. The summed E-state index contributed by atoms with van der Waals surface area (Å²) in [4.78, 5) is 26.4. The van der Waals surface area contributed by atoms with Gasteiger partial charge in [0.05, 0.1) is 21.2 Å². The van der Waals surface area contributed by atoms with Crippen molar-refractivity contribution < 1.29 is 22.4 Å². The van der Waals surface area contributed by atoms with Crippen LogP contribution in [0.25, 0.3) is 15.9 Å². The Hall–Kier alpha value is -4.55. The number of amides is 2. The number of hydrazine groups is 1. The van der Waals surface area contributed by atoms with E-state index in [1.807, 2.05) is 37.3 Å². The molecule has 9 nitrogen and oxygen atoms in total. The summed E-state index contributed by atoms with van der Waals surface area (Å²) in [6.45, 7) is 1.85.